The van der Waals surface area contributed by atoms with Crippen LogP contribution in [0.25, 0.3) is 0 Å². The Hall–Kier alpha value is -0.540. The molecule has 1 saturated heterocycles. The van der Waals surface area contributed by atoms with Gasteiger partial charge in [0, 0.05) is 30.4 Å². The van der Waals surface area contributed by atoms with Crippen molar-refractivity contribution in [1.82, 2.24) is 0 Å². The molecule has 0 amide bonds. The van der Waals surface area contributed by atoms with Gasteiger partial charge in [-0.25, -0.2) is 0 Å². The average molecular weight is 256 g/mol. The van der Waals surface area contributed by atoms with E-state index in [4.69, 9.17) is 4.74 Å². The number of hydrogen-bond acceptors (Lipinski definition) is 2. The molecule has 1 atom stereocenters. The molecule has 3 heteroatoms. The van der Waals surface area contributed by atoms with Crippen molar-refractivity contribution in [2.45, 2.75) is 12.5 Å². The predicted molar refractivity (Wildman–Crippen MR) is 61.8 cm³/mol. The van der Waals surface area contributed by atoms with Crippen LogP contribution in [0.5, 0.6) is 0 Å². The highest BCUT2D eigenvalue weighted by atomic mass is 79.9. The summed E-state index contributed by atoms with van der Waals surface area (Å²) in [5.74, 6) is 0. The summed E-state index contributed by atoms with van der Waals surface area (Å²) in [5.41, 5.74) is 1.28. The molecule has 76 valence electrons. The third-order valence-electron chi connectivity index (χ3n) is 2.67. The standard InChI is InChI=1S/C11H14BrNO/c1-14-11-6-7-13(8-11)10-4-2-9(12)3-5-10/h2-5,11H,6-8H2,1H3/t11-/m0/s1. The lowest BCUT2D eigenvalue weighted by Gasteiger charge is -2.18. The highest BCUT2D eigenvalue weighted by Crippen LogP contribution is 2.23. The summed E-state index contributed by atoms with van der Waals surface area (Å²) >= 11 is 3.44. The smallest absolute Gasteiger partial charge is 0.0762 e. The molecule has 1 heterocycles. The van der Waals surface area contributed by atoms with Gasteiger partial charge < -0.3 is 9.64 Å². The van der Waals surface area contributed by atoms with Gasteiger partial charge in [0.1, 0.15) is 0 Å². The molecule has 2 rings (SSSR count). The topological polar surface area (TPSA) is 12.5 Å². The molecule has 0 radical (unpaired) electrons. The fourth-order valence-electron chi connectivity index (χ4n) is 1.81. The van der Waals surface area contributed by atoms with Crippen LogP contribution < -0.4 is 4.90 Å². The van der Waals surface area contributed by atoms with Crippen LogP contribution in [0.2, 0.25) is 0 Å². The number of halogens is 1. The highest BCUT2D eigenvalue weighted by Gasteiger charge is 2.21. The minimum Gasteiger partial charge on any atom is -0.380 e. The Morgan fingerprint density at radius 2 is 2.07 bits per heavy atom. The van der Waals surface area contributed by atoms with Gasteiger partial charge in [-0.3, -0.25) is 0 Å². The van der Waals surface area contributed by atoms with E-state index in [-0.39, 0.29) is 0 Å². The van der Waals surface area contributed by atoms with Crippen molar-refractivity contribution in [3.05, 3.63) is 28.7 Å². The SMILES string of the molecule is CO[C@H]1CCN(c2ccc(Br)cc2)C1. The van der Waals surface area contributed by atoms with Gasteiger partial charge in [-0.1, -0.05) is 15.9 Å². The molecule has 0 N–H and O–H groups in total. The number of methoxy groups -OCH3 is 1. The van der Waals surface area contributed by atoms with E-state index in [1.54, 1.807) is 7.11 Å². The van der Waals surface area contributed by atoms with Crippen molar-refractivity contribution >= 4 is 21.6 Å². The van der Waals surface area contributed by atoms with Crippen molar-refractivity contribution in [1.29, 1.82) is 0 Å². The molecule has 1 aromatic carbocycles. The van der Waals surface area contributed by atoms with E-state index >= 15 is 0 Å². The van der Waals surface area contributed by atoms with Crippen LogP contribution >= 0.6 is 15.9 Å². The highest BCUT2D eigenvalue weighted by molar-refractivity contribution is 9.10. The number of nitrogens with zero attached hydrogens (tertiary/aromatic N) is 1. The van der Waals surface area contributed by atoms with Gasteiger partial charge in [0.15, 0.2) is 0 Å². The van der Waals surface area contributed by atoms with Gasteiger partial charge in [-0.2, -0.15) is 0 Å². The molecular formula is C11H14BrNO. The van der Waals surface area contributed by atoms with E-state index in [9.17, 15) is 0 Å². The summed E-state index contributed by atoms with van der Waals surface area (Å²) in [5, 5.41) is 0. The zero-order valence-electron chi connectivity index (χ0n) is 8.24. The summed E-state index contributed by atoms with van der Waals surface area (Å²) in [7, 11) is 1.79. The second-order valence-electron chi connectivity index (χ2n) is 3.57. The molecule has 1 aliphatic rings. The van der Waals surface area contributed by atoms with Crippen LogP contribution in [0, 0.1) is 0 Å². The normalized spacial score (nSPS) is 21.6. The Kier molecular flexibility index (Phi) is 3.08. The molecule has 0 saturated carbocycles. The second kappa shape index (κ2) is 4.32. The van der Waals surface area contributed by atoms with Gasteiger partial charge in [0.2, 0.25) is 0 Å². The summed E-state index contributed by atoms with van der Waals surface area (Å²) in [4.78, 5) is 2.36. The van der Waals surface area contributed by atoms with Crippen molar-refractivity contribution in [3.8, 4) is 0 Å². The van der Waals surface area contributed by atoms with E-state index in [2.05, 4.69) is 45.1 Å². The molecule has 1 fully saturated rings. The van der Waals surface area contributed by atoms with Crippen molar-refractivity contribution < 1.29 is 4.74 Å². The zero-order chi connectivity index (χ0) is 9.97. The summed E-state index contributed by atoms with van der Waals surface area (Å²) in [6, 6.07) is 8.44. The fourth-order valence-corrected chi connectivity index (χ4v) is 2.07. The Morgan fingerprint density at radius 1 is 1.36 bits per heavy atom. The molecule has 0 unspecified atom stereocenters. The van der Waals surface area contributed by atoms with Crippen LogP contribution in [0.15, 0.2) is 28.7 Å². The van der Waals surface area contributed by atoms with Crippen LogP contribution in [-0.4, -0.2) is 26.3 Å². The molecular weight excluding hydrogens is 242 g/mol. The van der Waals surface area contributed by atoms with Gasteiger partial charge in [-0.15, -0.1) is 0 Å². The van der Waals surface area contributed by atoms with Gasteiger partial charge in [0.05, 0.1) is 6.10 Å². The number of hydrogen-bond donors (Lipinski definition) is 0. The molecule has 2 nitrogen and oxygen atoms in total. The molecule has 0 aromatic heterocycles. The third-order valence-corrected chi connectivity index (χ3v) is 3.20. The van der Waals surface area contributed by atoms with E-state index in [1.807, 2.05) is 0 Å². The maximum atomic E-state index is 5.34. The maximum Gasteiger partial charge on any atom is 0.0762 e. The molecule has 0 spiro atoms. The number of anilines is 1. The predicted octanol–water partition coefficient (Wildman–Crippen LogP) is 2.67. The first-order valence-corrected chi connectivity index (χ1v) is 5.62. The maximum absolute atomic E-state index is 5.34. The van der Waals surface area contributed by atoms with E-state index < -0.39 is 0 Å². The Bertz CT molecular complexity index is 299. The van der Waals surface area contributed by atoms with Crippen LogP contribution in [-0.2, 0) is 4.74 Å². The minimum absolute atomic E-state index is 0.402. The number of rotatable bonds is 2. The fraction of sp³-hybridized carbons (Fsp3) is 0.455. The molecule has 1 aliphatic heterocycles. The monoisotopic (exact) mass is 255 g/mol. The Balaban J connectivity index is 2.06. The van der Waals surface area contributed by atoms with E-state index in [0.717, 1.165) is 24.0 Å². The molecule has 14 heavy (non-hydrogen) atoms. The lowest BCUT2D eigenvalue weighted by atomic mass is 10.3. The van der Waals surface area contributed by atoms with Crippen LogP contribution in [0.4, 0.5) is 5.69 Å². The first kappa shape index (κ1) is 9.99. The lowest BCUT2D eigenvalue weighted by molar-refractivity contribution is 0.121. The van der Waals surface area contributed by atoms with Crippen LogP contribution in [0.1, 0.15) is 6.42 Å². The van der Waals surface area contributed by atoms with E-state index in [1.165, 1.54) is 5.69 Å². The zero-order valence-corrected chi connectivity index (χ0v) is 9.83. The summed E-state index contributed by atoms with van der Waals surface area (Å²) < 4.78 is 6.46. The van der Waals surface area contributed by atoms with Crippen molar-refractivity contribution in [3.63, 3.8) is 0 Å². The Labute approximate surface area is 93.0 Å². The first-order chi connectivity index (χ1) is 6.79. The summed E-state index contributed by atoms with van der Waals surface area (Å²) in [6.07, 6.45) is 1.53. The van der Waals surface area contributed by atoms with Gasteiger partial charge >= 0.3 is 0 Å². The quantitative estimate of drug-likeness (QED) is 0.806. The molecule has 0 aliphatic carbocycles. The lowest BCUT2D eigenvalue weighted by Crippen LogP contribution is -2.21. The van der Waals surface area contributed by atoms with Crippen molar-refractivity contribution in [2.75, 3.05) is 25.1 Å². The minimum atomic E-state index is 0.402. The van der Waals surface area contributed by atoms with Gasteiger partial charge in [0.25, 0.3) is 0 Å². The third kappa shape index (κ3) is 2.10. The average Bonchev–Trinajstić information content (AvgIpc) is 2.67. The first-order valence-electron chi connectivity index (χ1n) is 4.83. The molecule has 0 bridgehead atoms. The Morgan fingerprint density at radius 3 is 2.64 bits per heavy atom. The second-order valence-corrected chi connectivity index (χ2v) is 4.48. The van der Waals surface area contributed by atoms with Crippen molar-refractivity contribution in [2.24, 2.45) is 0 Å². The largest absolute Gasteiger partial charge is 0.380 e. The molecule has 1 aromatic rings. The number of benzene rings is 1. The van der Waals surface area contributed by atoms with E-state index in [0.29, 0.717) is 6.10 Å². The summed E-state index contributed by atoms with van der Waals surface area (Å²) in [6.45, 7) is 2.11. The number of ether oxygens (including phenoxy) is 1. The van der Waals surface area contributed by atoms with Crippen LogP contribution in [0.3, 0.4) is 0 Å². The van der Waals surface area contributed by atoms with Gasteiger partial charge in [-0.05, 0) is 30.7 Å².